The number of aryl methyl sites for hydroxylation is 1. The number of hydrogen-bond acceptors (Lipinski definition) is 4. The quantitative estimate of drug-likeness (QED) is 0.159. The summed E-state index contributed by atoms with van der Waals surface area (Å²) in [6.07, 6.45) is -8.02. The summed E-state index contributed by atoms with van der Waals surface area (Å²) in [6.45, 7) is -0.142. The van der Waals surface area contributed by atoms with Crippen molar-refractivity contribution in [1.82, 2.24) is 20.0 Å². The van der Waals surface area contributed by atoms with Crippen LogP contribution in [0.4, 0.5) is 26.3 Å². The molecule has 2 heterocycles. The molecule has 4 rings (SSSR count). The lowest BCUT2D eigenvalue weighted by Gasteiger charge is -2.10. The first-order chi connectivity index (χ1) is 17.4. The van der Waals surface area contributed by atoms with Gasteiger partial charge in [0.15, 0.2) is 11.4 Å². The Bertz CT molecular complexity index is 1390. The minimum atomic E-state index is -4.69. The second-order valence-electron chi connectivity index (χ2n) is 7.85. The van der Waals surface area contributed by atoms with Crippen molar-refractivity contribution in [3.63, 3.8) is 0 Å². The monoisotopic (exact) mass is 542 g/mol. The fourth-order valence-corrected chi connectivity index (χ4v) is 3.79. The molecule has 0 aliphatic rings. The Kier molecular flexibility index (Phi) is 7.30. The predicted octanol–water partition coefficient (Wildman–Crippen LogP) is 6.74. The summed E-state index contributed by atoms with van der Waals surface area (Å²) in [5.41, 5.74) is -1.38. The second kappa shape index (κ2) is 10.3. The zero-order valence-electron chi connectivity index (χ0n) is 18.7. The van der Waals surface area contributed by atoms with Gasteiger partial charge in [0.1, 0.15) is 0 Å². The van der Waals surface area contributed by atoms with Gasteiger partial charge in [0.2, 0.25) is 0 Å². The van der Waals surface area contributed by atoms with E-state index in [0.29, 0.717) is 5.56 Å². The van der Waals surface area contributed by atoms with Gasteiger partial charge in [0.25, 0.3) is 0 Å². The summed E-state index contributed by atoms with van der Waals surface area (Å²) in [7, 11) is 0. The van der Waals surface area contributed by atoms with E-state index in [2.05, 4.69) is 15.3 Å². The molecule has 194 valence electrons. The number of alkyl halides is 6. The summed E-state index contributed by atoms with van der Waals surface area (Å²) in [5, 5.41) is 9.24. The van der Waals surface area contributed by atoms with Gasteiger partial charge in [0.05, 0.1) is 28.6 Å². The number of aromatic nitrogens is 4. The van der Waals surface area contributed by atoms with Crippen LogP contribution in [-0.2, 0) is 23.5 Å². The molecule has 0 bridgehead atoms. The van der Waals surface area contributed by atoms with Crippen LogP contribution < -0.4 is 0 Å². The molecule has 0 saturated carbocycles. The van der Waals surface area contributed by atoms with E-state index in [4.69, 9.17) is 16.3 Å². The topological polar surface area (TPSA) is 72.8 Å². The predicted molar refractivity (Wildman–Crippen MR) is 121 cm³/mol. The van der Waals surface area contributed by atoms with E-state index in [1.165, 1.54) is 36.4 Å². The van der Waals surface area contributed by atoms with Crippen LogP contribution >= 0.6 is 11.6 Å². The zero-order valence-corrected chi connectivity index (χ0v) is 19.5. The number of benzene rings is 2. The lowest BCUT2D eigenvalue weighted by molar-refractivity contribution is -0.142. The summed E-state index contributed by atoms with van der Waals surface area (Å²) >= 11 is 6.17. The van der Waals surface area contributed by atoms with Gasteiger partial charge in [-0.15, -0.1) is 0 Å². The van der Waals surface area contributed by atoms with Crippen LogP contribution in [0.25, 0.3) is 16.9 Å². The molecular formula is C24H17ClF6N4O2. The number of para-hydroxylation sites is 1. The maximum absolute atomic E-state index is 13.4. The van der Waals surface area contributed by atoms with Gasteiger partial charge in [-0.2, -0.15) is 36.5 Å². The zero-order chi connectivity index (χ0) is 26.8. The Hall–Kier alpha value is -3.80. The van der Waals surface area contributed by atoms with Gasteiger partial charge in [-0.05, 0) is 43.2 Å². The van der Waals surface area contributed by atoms with Crippen LogP contribution in [-0.4, -0.2) is 32.6 Å². The molecule has 2 aromatic carbocycles. The Balaban J connectivity index is 1.46. The van der Waals surface area contributed by atoms with Crippen LogP contribution in [0.2, 0.25) is 5.02 Å². The number of rotatable bonds is 7. The highest BCUT2D eigenvalue weighted by Gasteiger charge is 2.36. The van der Waals surface area contributed by atoms with Crippen LogP contribution in [0.1, 0.15) is 33.7 Å². The van der Waals surface area contributed by atoms with Gasteiger partial charge < -0.3 is 4.74 Å². The van der Waals surface area contributed by atoms with Crippen molar-refractivity contribution in [2.24, 2.45) is 0 Å². The maximum Gasteiger partial charge on any atom is 0.435 e. The Morgan fingerprint density at radius 1 is 1.00 bits per heavy atom. The number of esters is 1. The minimum Gasteiger partial charge on any atom is -0.462 e. The van der Waals surface area contributed by atoms with E-state index >= 15 is 0 Å². The fraction of sp³-hybridized carbons (Fsp3) is 0.208. The van der Waals surface area contributed by atoms with E-state index in [1.54, 1.807) is 12.1 Å². The molecule has 37 heavy (non-hydrogen) atoms. The smallest absolute Gasteiger partial charge is 0.435 e. The molecule has 0 unspecified atom stereocenters. The van der Waals surface area contributed by atoms with E-state index in [9.17, 15) is 31.1 Å². The highest BCUT2D eigenvalue weighted by atomic mass is 35.5. The molecule has 13 heteroatoms. The molecule has 0 aliphatic carbocycles. The number of H-pyrrole nitrogens is 1. The number of aromatic amines is 1. The van der Waals surface area contributed by atoms with Gasteiger partial charge in [-0.25, -0.2) is 9.48 Å². The molecule has 6 nitrogen and oxygen atoms in total. The first kappa shape index (κ1) is 26.3. The molecule has 0 aliphatic heterocycles. The van der Waals surface area contributed by atoms with Crippen LogP contribution in [0.5, 0.6) is 0 Å². The third kappa shape index (κ3) is 5.96. The number of carbonyl (C=O) groups excluding carboxylic acids is 1. The average molecular weight is 543 g/mol. The molecule has 0 fully saturated rings. The van der Waals surface area contributed by atoms with Crippen molar-refractivity contribution < 1.29 is 35.9 Å². The van der Waals surface area contributed by atoms with Crippen molar-refractivity contribution in [3.05, 3.63) is 88.3 Å². The fourth-order valence-electron chi connectivity index (χ4n) is 3.57. The molecule has 4 aromatic rings. The van der Waals surface area contributed by atoms with Gasteiger partial charge in [-0.3, -0.25) is 5.10 Å². The number of carbonyl (C=O) groups is 1. The van der Waals surface area contributed by atoms with Crippen molar-refractivity contribution in [1.29, 1.82) is 0 Å². The highest BCUT2D eigenvalue weighted by molar-refractivity contribution is 6.32. The highest BCUT2D eigenvalue weighted by Crippen LogP contribution is 2.35. The Morgan fingerprint density at radius 3 is 2.35 bits per heavy atom. The summed E-state index contributed by atoms with van der Waals surface area (Å²) in [6, 6.07) is 12.8. The second-order valence-corrected chi connectivity index (χ2v) is 8.26. The summed E-state index contributed by atoms with van der Waals surface area (Å²) < 4.78 is 84.9. The van der Waals surface area contributed by atoms with Crippen molar-refractivity contribution in [3.8, 4) is 16.9 Å². The Morgan fingerprint density at radius 2 is 1.70 bits per heavy atom. The lowest BCUT2D eigenvalue weighted by Crippen LogP contribution is -2.10. The molecular weight excluding hydrogens is 526 g/mol. The standard InChI is InChI=1S/C24H17ClF6N4O2/c25-17-5-1-2-6-18(17)35-19(12-20(34-35)23(26,27)28)14-7-9-15(10-8-14)22(36)37-11-3-4-16-13-32-33-21(16)24(29,30)31/h1-2,5-10,12-13H,3-4,11H2,(H,32,33). The van der Waals surface area contributed by atoms with E-state index in [-0.39, 0.29) is 47.0 Å². The molecule has 1 N–H and O–H groups in total. The molecule has 0 amide bonds. The van der Waals surface area contributed by atoms with E-state index in [0.717, 1.165) is 16.9 Å². The number of nitrogens with zero attached hydrogens (tertiary/aromatic N) is 3. The number of ether oxygens (including phenoxy) is 1. The van der Waals surface area contributed by atoms with Crippen molar-refractivity contribution >= 4 is 17.6 Å². The lowest BCUT2D eigenvalue weighted by atomic mass is 10.1. The largest absolute Gasteiger partial charge is 0.462 e. The third-order valence-electron chi connectivity index (χ3n) is 5.31. The van der Waals surface area contributed by atoms with Gasteiger partial charge >= 0.3 is 18.3 Å². The Labute approximate surface area is 210 Å². The number of nitrogens with one attached hydrogen (secondary N) is 1. The van der Waals surface area contributed by atoms with E-state index < -0.39 is 29.7 Å². The molecule has 0 spiro atoms. The van der Waals surface area contributed by atoms with Gasteiger partial charge in [-0.1, -0.05) is 35.9 Å². The molecule has 2 aromatic heterocycles. The van der Waals surface area contributed by atoms with Crippen LogP contribution in [0, 0.1) is 0 Å². The first-order valence-corrected chi connectivity index (χ1v) is 11.1. The van der Waals surface area contributed by atoms with Crippen LogP contribution in [0.15, 0.2) is 60.8 Å². The first-order valence-electron chi connectivity index (χ1n) is 10.7. The maximum atomic E-state index is 13.4. The number of hydrogen-bond donors (Lipinski definition) is 1. The molecule has 0 radical (unpaired) electrons. The SMILES string of the molecule is O=C(OCCCc1c[nH]nc1C(F)(F)F)c1ccc(-c2cc(C(F)(F)F)nn2-c2ccccc2Cl)cc1. The van der Waals surface area contributed by atoms with Crippen LogP contribution in [0.3, 0.4) is 0 Å². The van der Waals surface area contributed by atoms with Crippen molar-refractivity contribution in [2.45, 2.75) is 25.2 Å². The third-order valence-corrected chi connectivity index (χ3v) is 5.63. The summed E-state index contributed by atoms with van der Waals surface area (Å²) in [4.78, 5) is 12.3. The molecule has 0 saturated heterocycles. The minimum absolute atomic E-state index is 0.00879. The average Bonchev–Trinajstić information content (AvgIpc) is 3.50. The molecule has 0 atom stereocenters. The van der Waals surface area contributed by atoms with Crippen molar-refractivity contribution in [2.75, 3.05) is 6.61 Å². The number of halogens is 7. The summed E-state index contributed by atoms with van der Waals surface area (Å²) in [5.74, 6) is -0.731. The van der Waals surface area contributed by atoms with E-state index in [1.807, 2.05) is 0 Å². The normalized spacial score (nSPS) is 12.1. The van der Waals surface area contributed by atoms with Gasteiger partial charge in [0, 0.05) is 17.3 Å².